The first-order valence-corrected chi connectivity index (χ1v) is 6.47. The third-order valence-corrected chi connectivity index (χ3v) is 3.04. The molecule has 0 aromatic carbocycles. The van der Waals surface area contributed by atoms with E-state index in [-0.39, 0.29) is 18.0 Å². The van der Waals surface area contributed by atoms with Crippen molar-refractivity contribution in [2.45, 2.75) is 46.3 Å². The summed E-state index contributed by atoms with van der Waals surface area (Å²) in [5.74, 6) is 0.506. The molecule has 1 rings (SSSR count). The van der Waals surface area contributed by atoms with E-state index in [0.717, 1.165) is 6.54 Å². The predicted molar refractivity (Wildman–Crippen MR) is 72.1 cm³/mol. The van der Waals surface area contributed by atoms with Gasteiger partial charge in [-0.1, -0.05) is 13.8 Å². The first kappa shape index (κ1) is 14.7. The first-order chi connectivity index (χ1) is 8.49. The topological polar surface area (TPSA) is 59.0 Å². The third kappa shape index (κ3) is 5.31. The van der Waals surface area contributed by atoms with Crippen LogP contribution < -0.4 is 10.6 Å². The van der Waals surface area contributed by atoms with E-state index in [1.807, 2.05) is 17.7 Å². The Balaban J connectivity index is 2.21. The molecule has 1 heterocycles. The minimum absolute atomic E-state index is 0.0497. The molecule has 1 aromatic rings. The van der Waals surface area contributed by atoms with Crippen LogP contribution in [0, 0.1) is 5.92 Å². The van der Waals surface area contributed by atoms with Crippen LogP contribution in [-0.2, 0) is 11.3 Å². The highest BCUT2D eigenvalue weighted by molar-refractivity contribution is 5.78. The molecule has 18 heavy (non-hydrogen) atoms. The van der Waals surface area contributed by atoms with E-state index < -0.39 is 0 Å². The van der Waals surface area contributed by atoms with E-state index in [4.69, 9.17) is 0 Å². The third-order valence-electron chi connectivity index (χ3n) is 3.04. The Morgan fingerprint density at radius 2 is 2.06 bits per heavy atom. The van der Waals surface area contributed by atoms with Gasteiger partial charge in [0, 0.05) is 31.0 Å². The van der Waals surface area contributed by atoms with E-state index in [0.29, 0.717) is 12.5 Å². The Hall–Kier alpha value is -1.36. The van der Waals surface area contributed by atoms with E-state index in [2.05, 4.69) is 36.4 Å². The van der Waals surface area contributed by atoms with Gasteiger partial charge in [0.05, 0.1) is 12.9 Å². The van der Waals surface area contributed by atoms with Gasteiger partial charge < -0.3 is 15.2 Å². The molecule has 0 spiro atoms. The molecule has 5 heteroatoms. The number of carbonyl (C=O) groups excluding carboxylic acids is 1. The number of hydrogen-bond acceptors (Lipinski definition) is 3. The predicted octanol–water partition coefficient (Wildman–Crippen LogP) is 1.02. The molecule has 2 unspecified atom stereocenters. The van der Waals surface area contributed by atoms with Crippen LogP contribution in [0.4, 0.5) is 0 Å². The molecule has 2 N–H and O–H groups in total. The Morgan fingerprint density at radius 3 is 2.61 bits per heavy atom. The number of rotatable bonds is 7. The summed E-state index contributed by atoms with van der Waals surface area (Å²) >= 11 is 0. The van der Waals surface area contributed by atoms with E-state index in [9.17, 15) is 4.79 Å². The number of hydrogen-bond donors (Lipinski definition) is 2. The van der Waals surface area contributed by atoms with Crippen molar-refractivity contribution in [1.29, 1.82) is 0 Å². The summed E-state index contributed by atoms with van der Waals surface area (Å²) < 4.78 is 1.99. The zero-order chi connectivity index (χ0) is 13.5. The molecule has 0 radical (unpaired) electrons. The minimum atomic E-state index is 0.0497. The van der Waals surface area contributed by atoms with Crippen LogP contribution in [-0.4, -0.2) is 34.1 Å². The van der Waals surface area contributed by atoms with Crippen LogP contribution in [0.15, 0.2) is 18.7 Å². The van der Waals surface area contributed by atoms with Gasteiger partial charge in [-0.05, 0) is 19.8 Å². The second-order valence-corrected chi connectivity index (χ2v) is 5.14. The monoisotopic (exact) mass is 252 g/mol. The summed E-state index contributed by atoms with van der Waals surface area (Å²) in [6.45, 7) is 9.44. The van der Waals surface area contributed by atoms with Gasteiger partial charge in [0.15, 0.2) is 0 Å². The van der Waals surface area contributed by atoms with Gasteiger partial charge in [0.2, 0.25) is 5.91 Å². The van der Waals surface area contributed by atoms with Crippen LogP contribution in [0.2, 0.25) is 0 Å². The summed E-state index contributed by atoms with van der Waals surface area (Å²) in [4.78, 5) is 15.7. The molecular formula is C13H24N4O. The Bertz CT molecular complexity index is 348. The van der Waals surface area contributed by atoms with Gasteiger partial charge in [-0.3, -0.25) is 4.79 Å². The highest BCUT2D eigenvalue weighted by Crippen LogP contribution is 1.99. The maximum atomic E-state index is 11.7. The number of aromatic nitrogens is 2. The van der Waals surface area contributed by atoms with Crippen LogP contribution in [0.1, 0.15) is 27.7 Å². The van der Waals surface area contributed by atoms with Crippen LogP contribution in [0.3, 0.4) is 0 Å². The number of nitrogens with zero attached hydrogens (tertiary/aromatic N) is 2. The molecule has 0 fully saturated rings. The fourth-order valence-electron chi connectivity index (χ4n) is 1.51. The molecular weight excluding hydrogens is 228 g/mol. The average Bonchev–Trinajstić information content (AvgIpc) is 2.79. The average molecular weight is 252 g/mol. The zero-order valence-electron chi connectivity index (χ0n) is 11.7. The van der Waals surface area contributed by atoms with Gasteiger partial charge in [-0.2, -0.15) is 0 Å². The van der Waals surface area contributed by atoms with Crippen molar-refractivity contribution in [3.63, 3.8) is 0 Å². The summed E-state index contributed by atoms with van der Waals surface area (Å²) in [6, 6.07) is 0.447. The van der Waals surface area contributed by atoms with Crippen molar-refractivity contribution in [1.82, 2.24) is 20.2 Å². The van der Waals surface area contributed by atoms with E-state index in [1.165, 1.54) is 0 Å². The van der Waals surface area contributed by atoms with Crippen molar-refractivity contribution >= 4 is 5.91 Å². The quantitative estimate of drug-likeness (QED) is 0.762. The lowest BCUT2D eigenvalue weighted by Crippen LogP contribution is -2.44. The van der Waals surface area contributed by atoms with Gasteiger partial charge >= 0.3 is 0 Å². The lowest BCUT2D eigenvalue weighted by molar-refractivity contribution is -0.121. The lowest BCUT2D eigenvalue weighted by atomic mass is 10.1. The Kier molecular flexibility index (Phi) is 5.85. The van der Waals surface area contributed by atoms with Crippen molar-refractivity contribution in [3.05, 3.63) is 18.7 Å². The maximum Gasteiger partial charge on any atom is 0.234 e. The summed E-state index contributed by atoms with van der Waals surface area (Å²) in [7, 11) is 0. The minimum Gasteiger partial charge on any atom is -0.352 e. The normalized spacial score (nSPS) is 14.5. The molecule has 5 nitrogen and oxygen atoms in total. The van der Waals surface area contributed by atoms with Gasteiger partial charge in [-0.15, -0.1) is 0 Å². The van der Waals surface area contributed by atoms with E-state index in [1.54, 1.807) is 12.5 Å². The largest absolute Gasteiger partial charge is 0.352 e. The van der Waals surface area contributed by atoms with Crippen molar-refractivity contribution < 1.29 is 4.79 Å². The number of carbonyl (C=O) groups is 1. The number of nitrogens with one attached hydrogen (secondary N) is 2. The molecule has 1 aromatic heterocycles. The second kappa shape index (κ2) is 7.16. The van der Waals surface area contributed by atoms with Gasteiger partial charge in [-0.25, -0.2) is 4.98 Å². The number of amides is 1. The van der Waals surface area contributed by atoms with E-state index >= 15 is 0 Å². The maximum absolute atomic E-state index is 11.7. The smallest absolute Gasteiger partial charge is 0.234 e. The van der Waals surface area contributed by atoms with Crippen LogP contribution in [0.25, 0.3) is 0 Å². The molecule has 0 aliphatic carbocycles. The van der Waals surface area contributed by atoms with Crippen LogP contribution in [0.5, 0.6) is 0 Å². The van der Waals surface area contributed by atoms with Crippen molar-refractivity contribution in [2.75, 3.05) is 6.54 Å². The molecule has 0 bridgehead atoms. The Labute approximate surface area is 109 Å². The summed E-state index contributed by atoms with van der Waals surface area (Å²) in [6.07, 6.45) is 5.45. The highest BCUT2D eigenvalue weighted by Gasteiger charge is 2.11. The number of imidazole rings is 1. The standard InChI is InChI=1S/C13H24N4O/c1-10(2)12(4)16-13(18)7-15-11(3)8-17-6-5-14-9-17/h5-6,9-12,15H,7-8H2,1-4H3,(H,16,18). The molecule has 102 valence electrons. The zero-order valence-corrected chi connectivity index (χ0v) is 11.7. The van der Waals surface area contributed by atoms with Gasteiger partial charge in [0.1, 0.15) is 0 Å². The highest BCUT2D eigenvalue weighted by atomic mass is 16.1. The fraction of sp³-hybridized carbons (Fsp3) is 0.692. The van der Waals surface area contributed by atoms with Gasteiger partial charge in [0.25, 0.3) is 0 Å². The SMILES string of the molecule is CC(Cn1ccnc1)NCC(=O)NC(C)C(C)C. The molecule has 0 saturated carbocycles. The first-order valence-electron chi connectivity index (χ1n) is 6.47. The van der Waals surface area contributed by atoms with Crippen molar-refractivity contribution in [3.8, 4) is 0 Å². The Morgan fingerprint density at radius 1 is 1.33 bits per heavy atom. The van der Waals surface area contributed by atoms with Crippen molar-refractivity contribution in [2.24, 2.45) is 5.92 Å². The fourth-order valence-corrected chi connectivity index (χ4v) is 1.51. The van der Waals surface area contributed by atoms with Crippen LogP contribution >= 0.6 is 0 Å². The summed E-state index contributed by atoms with van der Waals surface area (Å²) in [5, 5.41) is 6.18. The molecule has 1 amide bonds. The molecule has 0 saturated heterocycles. The second-order valence-electron chi connectivity index (χ2n) is 5.14. The summed E-state index contributed by atoms with van der Waals surface area (Å²) in [5.41, 5.74) is 0. The lowest BCUT2D eigenvalue weighted by Gasteiger charge is -2.19. The molecule has 0 aliphatic rings. The molecule has 2 atom stereocenters. The molecule has 0 aliphatic heterocycles.